The quantitative estimate of drug-likeness (QED) is 0.183. The molecule has 1 unspecified atom stereocenters. The number of urea groups is 2. The molecule has 0 radical (unpaired) electrons. The molecule has 13 nitrogen and oxygen atoms in total. The topological polar surface area (TPSA) is 168 Å². The number of rotatable bonds is 8. The van der Waals surface area contributed by atoms with E-state index in [0.717, 1.165) is 9.80 Å². The van der Waals surface area contributed by atoms with Crippen LogP contribution < -0.4 is 50.2 Å². The third kappa shape index (κ3) is 6.56. The number of fused-ring (bicyclic) bond motifs is 1. The molecule has 218 valence electrons. The molecule has 43 heavy (non-hydrogen) atoms. The first-order valence-electron chi connectivity index (χ1n) is 13.0. The first kappa shape index (κ1) is 32.1. The minimum Gasteiger partial charge on any atom is -0.543 e. The number of para-hydroxylation sites is 1. The van der Waals surface area contributed by atoms with Gasteiger partial charge in [0.05, 0.1) is 18.2 Å². The molecule has 0 aromatic heterocycles. The molecule has 3 aliphatic heterocycles. The molecule has 3 heterocycles. The number of carboxylic acids is 1. The Kier molecular flexibility index (Phi) is 10.2. The Morgan fingerprint density at radius 2 is 1.67 bits per heavy atom. The van der Waals surface area contributed by atoms with Gasteiger partial charge in [0.15, 0.2) is 0 Å². The van der Waals surface area contributed by atoms with Crippen LogP contribution >= 0.6 is 11.8 Å². The molecule has 2 aromatic carbocycles. The third-order valence-electron chi connectivity index (χ3n) is 6.97. The van der Waals surface area contributed by atoms with Crippen LogP contribution in [0.1, 0.15) is 18.5 Å². The van der Waals surface area contributed by atoms with Crippen molar-refractivity contribution in [2.75, 3.05) is 30.3 Å². The monoisotopic (exact) mass is 615 g/mol. The fraction of sp³-hybridized carbons (Fsp3) is 0.286. The Hall–Kier alpha value is -3.85. The fourth-order valence-electron chi connectivity index (χ4n) is 4.93. The largest absolute Gasteiger partial charge is 1.00 e. The van der Waals surface area contributed by atoms with Gasteiger partial charge in [0.25, 0.3) is 5.91 Å². The predicted molar refractivity (Wildman–Crippen MR) is 147 cm³/mol. The molecular formula is C28H26N5NaO8S. The number of nitrogens with zero attached hydrogens (tertiary/aromatic N) is 3. The SMILES string of the molecule is CC(=O)OCC1=C(C(=O)[O-])N2C(=O)C(NC(=O)[C@H](NC(=O)N3CCN(c4ccccc4)C3=O)c3ccccc3)[C@H]2SC1.[Na+]. The van der Waals surface area contributed by atoms with E-state index < -0.39 is 53.3 Å². The van der Waals surface area contributed by atoms with E-state index in [0.29, 0.717) is 11.3 Å². The van der Waals surface area contributed by atoms with E-state index in [1.807, 2.05) is 6.07 Å². The van der Waals surface area contributed by atoms with Gasteiger partial charge < -0.3 is 25.3 Å². The number of amides is 6. The molecule has 15 heteroatoms. The number of nitrogens with one attached hydrogen (secondary N) is 2. The van der Waals surface area contributed by atoms with Crippen molar-refractivity contribution in [1.29, 1.82) is 0 Å². The summed E-state index contributed by atoms with van der Waals surface area (Å²) in [6.45, 7) is 1.25. The maximum atomic E-state index is 13.5. The summed E-state index contributed by atoms with van der Waals surface area (Å²) in [5.74, 6) is -3.49. The van der Waals surface area contributed by atoms with Gasteiger partial charge in [0.1, 0.15) is 24.1 Å². The first-order chi connectivity index (χ1) is 20.2. The molecular weight excluding hydrogens is 589 g/mol. The van der Waals surface area contributed by atoms with E-state index in [9.17, 15) is 33.9 Å². The van der Waals surface area contributed by atoms with Crippen molar-refractivity contribution in [2.24, 2.45) is 0 Å². The van der Waals surface area contributed by atoms with Gasteiger partial charge in [0.2, 0.25) is 5.91 Å². The van der Waals surface area contributed by atoms with Gasteiger partial charge in [-0.15, -0.1) is 11.8 Å². The van der Waals surface area contributed by atoms with Crippen LogP contribution in [-0.4, -0.2) is 82.5 Å². The second-order valence-corrected chi connectivity index (χ2v) is 10.7. The van der Waals surface area contributed by atoms with Gasteiger partial charge in [-0.25, -0.2) is 14.5 Å². The number of benzene rings is 2. The minimum absolute atomic E-state index is 0. The van der Waals surface area contributed by atoms with E-state index in [2.05, 4.69) is 10.6 Å². The van der Waals surface area contributed by atoms with Crippen molar-refractivity contribution in [1.82, 2.24) is 20.4 Å². The zero-order chi connectivity index (χ0) is 30.0. The van der Waals surface area contributed by atoms with Crippen LogP contribution in [0.15, 0.2) is 71.9 Å². The second kappa shape index (κ2) is 13.6. The maximum Gasteiger partial charge on any atom is 1.00 e. The third-order valence-corrected chi connectivity index (χ3v) is 8.31. The van der Waals surface area contributed by atoms with Crippen molar-refractivity contribution in [3.63, 3.8) is 0 Å². The summed E-state index contributed by atoms with van der Waals surface area (Å²) in [4.78, 5) is 79.4. The molecule has 2 fully saturated rings. The zero-order valence-electron chi connectivity index (χ0n) is 23.3. The molecule has 0 aliphatic carbocycles. The average molecular weight is 616 g/mol. The smallest absolute Gasteiger partial charge is 0.543 e. The Bertz CT molecular complexity index is 1470. The van der Waals surface area contributed by atoms with Gasteiger partial charge in [0, 0.05) is 30.5 Å². The summed E-state index contributed by atoms with van der Waals surface area (Å²) >= 11 is 1.19. The number of imide groups is 1. The van der Waals surface area contributed by atoms with Crippen molar-refractivity contribution in [2.45, 2.75) is 24.4 Å². The summed E-state index contributed by atoms with van der Waals surface area (Å²) in [5.41, 5.74) is 0.862. The zero-order valence-corrected chi connectivity index (χ0v) is 26.2. The molecule has 6 amide bonds. The van der Waals surface area contributed by atoms with E-state index in [4.69, 9.17) is 4.74 Å². The molecule has 2 saturated heterocycles. The van der Waals surface area contributed by atoms with Gasteiger partial charge in [-0.2, -0.15) is 0 Å². The number of anilines is 1. The van der Waals surface area contributed by atoms with E-state index in [-0.39, 0.29) is 66.3 Å². The molecule has 2 N–H and O–H groups in total. The molecule has 5 rings (SSSR count). The van der Waals surface area contributed by atoms with E-state index in [1.54, 1.807) is 54.6 Å². The number of β-lactam (4-membered cyclic amide) rings is 1. The van der Waals surface area contributed by atoms with Crippen molar-refractivity contribution >= 4 is 53.3 Å². The Labute approximate surface area is 272 Å². The fourth-order valence-corrected chi connectivity index (χ4v) is 6.26. The van der Waals surface area contributed by atoms with Crippen LogP contribution in [0.2, 0.25) is 0 Å². The van der Waals surface area contributed by atoms with Crippen LogP contribution in [0, 0.1) is 0 Å². The molecule has 0 bridgehead atoms. The molecule has 3 atom stereocenters. The van der Waals surface area contributed by atoms with E-state index >= 15 is 0 Å². The maximum absolute atomic E-state index is 13.5. The Morgan fingerprint density at radius 3 is 2.30 bits per heavy atom. The predicted octanol–water partition coefficient (Wildman–Crippen LogP) is -2.65. The van der Waals surface area contributed by atoms with Gasteiger partial charge >= 0.3 is 47.6 Å². The molecule has 0 saturated carbocycles. The number of thioether (sulfide) groups is 1. The minimum atomic E-state index is -1.60. The summed E-state index contributed by atoms with van der Waals surface area (Å²) < 4.78 is 4.91. The molecule has 3 aliphatic rings. The number of carbonyl (C=O) groups excluding carboxylic acids is 6. The van der Waals surface area contributed by atoms with Gasteiger partial charge in [-0.05, 0) is 17.7 Å². The average Bonchev–Trinajstić information content (AvgIpc) is 3.38. The first-order valence-corrected chi connectivity index (χ1v) is 14.0. The summed E-state index contributed by atoms with van der Waals surface area (Å²) in [5, 5.41) is 16.4. The van der Waals surface area contributed by atoms with E-state index in [1.165, 1.54) is 23.6 Å². The van der Waals surface area contributed by atoms with Crippen LogP contribution in [0.4, 0.5) is 15.3 Å². The molecule has 2 aromatic rings. The summed E-state index contributed by atoms with van der Waals surface area (Å²) in [6.07, 6.45) is 0. The standard InChI is InChI=1S/C28H27N5O8S.Na/c1-16(34)41-14-18-15-42-25-21(24(36)33(25)22(18)26(37)38)29-23(35)20(17-8-4-2-5-9-17)30-27(39)32-13-12-31(28(32)40)19-10-6-3-7-11-19;/h2-11,20-21,25H,12-15H2,1H3,(H,29,35)(H,30,39)(H,37,38);/q;+1/p-1/t20-,21?,25-;/m1./s1. The van der Waals surface area contributed by atoms with Crippen molar-refractivity contribution in [3.8, 4) is 0 Å². The van der Waals surface area contributed by atoms with Gasteiger partial charge in [-0.3, -0.25) is 24.2 Å². The van der Waals surface area contributed by atoms with Crippen LogP contribution in [0.25, 0.3) is 0 Å². The number of ether oxygens (including phenoxy) is 1. The number of aliphatic carboxylic acids is 1. The van der Waals surface area contributed by atoms with Crippen molar-refractivity contribution < 1.29 is 68.2 Å². The number of esters is 1. The van der Waals surface area contributed by atoms with Gasteiger partial charge in [-0.1, -0.05) is 48.5 Å². The second-order valence-electron chi connectivity index (χ2n) is 9.63. The number of hydrogen-bond acceptors (Lipinski definition) is 9. The number of carbonyl (C=O) groups is 6. The van der Waals surface area contributed by atoms with Crippen molar-refractivity contribution in [3.05, 3.63) is 77.5 Å². The number of carboxylic acid groups (broad SMARTS) is 1. The Balaban J connectivity index is 0.00000423. The summed E-state index contributed by atoms with van der Waals surface area (Å²) in [6, 6.07) is 13.5. The van der Waals surface area contributed by atoms with Crippen LogP contribution in [0.5, 0.6) is 0 Å². The molecule has 0 spiro atoms. The Morgan fingerprint density at radius 1 is 1.02 bits per heavy atom. The summed E-state index contributed by atoms with van der Waals surface area (Å²) in [7, 11) is 0. The normalized spacial score (nSPS) is 20.0. The van der Waals surface area contributed by atoms with Crippen LogP contribution in [-0.2, 0) is 23.9 Å². The number of hydrogen-bond donors (Lipinski definition) is 2. The van der Waals surface area contributed by atoms with Crippen LogP contribution in [0.3, 0.4) is 0 Å².